The minimum atomic E-state index is -4.40. The first-order chi connectivity index (χ1) is 9.93. The standard InChI is InChI=1S/C14H8BrF3N2S/c15-8-5-6-12-11(7-8)20-13(21-12)19-10-4-2-1-3-9(10)14(16,17)18/h1-7H,(H,19,20). The van der Waals surface area contributed by atoms with Crippen LogP contribution in [0, 0.1) is 0 Å². The third kappa shape index (κ3) is 3.03. The van der Waals surface area contributed by atoms with Gasteiger partial charge in [0.05, 0.1) is 21.5 Å². The quantitative estimate of drug-likeness (QED) is 0.612. The average molecular weight is 373 g/mol. The lowest BCUT2D eigenvalue weighted by molar-refractivity contribution is -0.136. The van der Waals surface area contributed by atoms with Gasteiger partial charge in [-0.3, -0.25) is 0 Å². The fraction of sp³-hybridized carbons (Fsp3) is 0.0714. The molecule has 2 aromatic carbocycles. The molecule has 0 amide bonds. The van der Waals surface area contributed by atoms with Crippen LogP contribution in [0.3, 0.4) is 0 Å². The smallest absolute Gasteiger partial charge is 0.331 e. The fourth-order valence-corrected chi connectivity index (χ4v) is 3.12. The number of nitrogens with one attached hydrogen (secondary N) is 1. The number of hydrogen-bond donors (Lipinski definition) is 1. The Morgan fingerprint density at radius 2 is 1.86 bits per heavy atom. The Kier molecular flexibility index (Phi) is 3.62. The zero-order valence-corrected chi connectivity index (χ0v) is 12.8. The van der Waals surface area contributed by atoms with Crippen molar-refractivity contribution in [3.63, 3.8) is 0 Å². The summed E-state index contributed by atoms with van der Waals surface area (Å²) in [7, 11) is 0. The minimum absolute atomic E-state index is 0.00289. The van der Waals surface area contributed by atoms with Crippen LogP contribution in [0.2, 0.25) is 0 Å². The van der Waals surface area contributed by atoms with Crippen LogP contribution >= 0.6 is 27.3 Å². The molecule has 0 saturated carbocycles. The van der Waals surface area contributed by atoms with Gasteiger partial charge in [-0.2, -0.15) is 13.2 Å². The largest absolute Gasteiger partial charge is 0.418 e. The first kappa shape index (κ1) is 14.3. The molecule has 0 unspecified atom stereocenters. The van der Waals surface area contributed by atoms with E-state index in [1.807, 2.05) is 18.2 Å². The van der Waals surface area contributed by atoms with Gasteiger partial charge in [-0.05, 0) is 30.3 Å². The topological polar surface area (TPSA) is 24.9 Å². The maximum absolute atomic E-state index is 12.9. The van der Waals surface area contributed by atoms with Crippen molar-refractivity contribution in [1.29, 1.82) is 0 Å². The van der Waals surface area contributed by atoms with E-state index >= 15 is 0 Å². The molecular weight excluding hydrogens is 365 g/mol. The molecule has 108 valence electrons. The highest BCUT2D eigenvalue weighted by Crippen LogP contribution is 2.37. The number of nitrogens with zero attached hydrogens (tertiary/aromatic N) is 1. The molecule has 0 aliphatic rings. The number of thiazole rings is 1. The SMILES string of the molecule is FC(F)(F)c1ccccc1Nc1nc2cc(Br)ccc2s1. The minimum Gasteiger partial charge on any atom is -0.331 e. The van der Waals surface area contributed by atoms with Gasteiger partial charge < -0.3 is 5.32 Å². The summed E-state index contributed by atoms with van der Waals surface area (Å²) in [4.78, 5) is 4.30. The molecule has 21 heavy (non-hydrogen) atoms. The zero-order valence-electron chi connectivity index (χ0n) is 10.4. The summed E-state index contributed by atoms with van der Waals surface area (Å²) in [6, 6.07) is 10.9. The highest BCUT2D eigenvalue weighted by atomic mass is 79.9. The van der Waals surface area contributed by atoms with Crippen LogP contribution in [-0.2, 0) is 6.18 Å². The molecule has 0 aliphatic heterocycles. The molecule has 0 saturated heterocycles. The summed E-state index contributed by atoms with van der Waals surface area (Å²) >= 11 is 4.65. The predicted octanol–water partition coefficient (Wildman–Crippen LogP) is 5.82. The molecule has 1 heterocycles. The summed E-state index contributed by atoms with van der Waals surface area (Å²) in [5, 5.41) is 3.19. The second-order valence-corrected chi connectivity index (χ2v) is 6.25. The Balaban J connectivity index is 1.99. The number of halogens is 4. The zero-order chi connectivity index (χ0) is 15.0. The van der Waals surface area contributed by atoms with Crippen LogP contribution in [0.5, 0.6) is 0 Å². The monoisotopic (exact) mass is 372 g/mol. The first-order valence-electron chi connectivity index (χ1n) is 5.93. The van der Waals surface area contributed by atoms with Crippen molar-refractivity contribution in [3.8, 4) is 0 Å². The van der Waals surface area contributed by atoms with Gasteiger partial charge in [0.1, 0.15) is 0 Å². The van der Waals surface area contributed by atoms with E-state index in [9.17, 15) is 13.2 Å². The molecule has 0 fully saturated rings. The molecular formula is C14H8BrF3N2S. The molecule has 0 aliphatic carbocycles. The van der Waals surface area contributed by atoms with Crippen molar-refractivity contribution in [3.05, 3.63) is 52.5 Å². The fourth-order valence-electron chi connectivity index (χ4n) is 1.91. The Bertz CT molecular complexity index is 798. The predicted molar refractivity (Wildman–Crippen MR) is 82.0 cm³/mol. The molecule has 3 rings (SSSR count). The Morgan fingerprint density at radius 1 is 1.10 bits per heavy atom. The van der Waals surface area contributed by atoms with Crippen LogP contribution in [0.4, 0.5) is 24.0 Å². The van der Waals surface area contributed by atoms with E-state index in [4.69, 9.17) is 0 Å². The molecule has 3 aromatic rings. The molecule has 0 radical (unpaired) electrons. The van der Waals surface area contributed by atoms with E-state index in [2.05, 4.69) is 26.2 Å². The summed E-state index contributed by atoms with van der Waals surface area (Å²) in [5.41, 5.74) is 0.0370. The summed E-state index contributed by atoms with van der Waals surface area (Å²) in [6.45, 7) is 0. The lowest BCUT2D eigenvalue weighted by Crippen LogP contribution is -2.08. The van der Waals surface area contributed by atoms with Gasteiger partial charge in [0.15, 0.2) is 5.13 Å². The van der Waals surface area contributed by atoms with Crippen LogP contribution in [0.25, 0.3) is 10.2 Å². The Morgan fingerprint density at radius 3 is 2.62 bits per heavy atom. The molecule has 1 aromatic heterocycles. The van der Waals surface area contributed by atoms with Gasteiger partial charge in [0.2, 0.25) is 0 Å². The maximum Gasteiger partial charge on any atom is 0.418 e. The van der Waals surface area contributed by atoms with Gasteiger partial charge >= 0.3 is 6.18 Å². The third-order valence-electron chi connectivity index (χ3n) is 2.82. The maximum atomic E-state index is 12.9. The first-order valence-corrected chi connectivity index (χ1v) is 7.54. The van der Waals surface area contributed by atoms with Crippen molar-refractivity contribution in [2.75, 3.05) is 5.32 Å². The second kappa shape index (κ2) is 5.31. The molecule has 0 spiro atoms. The van der Waals surface area contributed by atoms with Crippen molar-refractivity contribution in [2.24, 2.45) is 0 Å². The van der Waals surface area contributed by atoms with Gasteiger partial charge in [-0.15, -0.1) is 0 Å². The summed E-state index contributed by atoms with van der Waals surface area (Å²) < 4.78 is 40.6. The van der Waals surface area contributed by atoms with E-state index in [0.717, 1.165) is 20.8 Å². The number of fused-ring (bicyclic) bond motifs is 1. The Hall–Kier alpha value is -1.60. The van der Waals surface area contributed by atoms with E-state index in [1.165, 1.54) is 23.5 Å². The lowest BCUT2D eigenvalue weighted by atomic mass is 10.2. The number of hydrogen-bond acceptors (Lipinski definition) is 3. The van der Waals surface area contributed by atoms with Crippen LogP contribution in [0.1, 0.15) is 5.56 Å². The van der Waals surface area contributed by atoms with Gasteiger partial charge in [0, 0.05) is 4.47 Å². The van der Waals surface area contributed by atoms with Crippen LogP contribution < -0.4 is 5.32 Å². The van der Waals surface area contributed by atoms with Gasteiger partial charge in [0.25, 0.3) is 0 Å². The van der Waals surface area contributed by atoms with E-state index in [0.29, 0.717) is 5.13 Å². The molecule has 0 atom stereocenters. The van der Waals surface area contributed by atoms with E-state index in [-0.39, 0.29) is 5.69 Å². The highest BCUT2D eigenvalue weighted by Gasteiger charge is 2.33. The average Bonchev–Trinajstić information content (AvgIpc) is 2.79. The number of para-hydroxylation sites is 1. The van der Waals surface area contributed by atoms with Gasteiger partial charge in [-0.25, -0.2) is 4.98 Å². The van der Waals surface area contributed by atoms with E-state index in [1.54, 1.807) is 6.07 Å². The van der Waals surface area contributed by atoms with Crippen molar-refractivity contribution in [2.45, 2.75) is 6.18 Å². The number of anilines is 2. The van der Waals surface area contributed by atoms with Crippen molar-refractivity contribution < 1.29 is 13.2 Å². The second-order valence-electron chi connectivity index (χ2n) is 4.30. The molecule has 7 heteroatoms. The lowest BCUT2D eigenvalue weighted by Gasteiger charge is -2.12. The normalized spacial score (nSPS) is 11.8. The third-order valence-corrected chi connectivity index (χ3v) is 4.27. The molecule has 2 nitrogen and oxygen atoms in total. The highest BCUT2D eigenvalue weighted by molar-refractivity contribution is 9.10. The van der Waals surface area contributed by atoms with Crippen molar-refractivity contribution >= 4 is 48.3 Å². The number of aromatic nitrogens is 1. The number of benzene rings is 2. The molecule has 1 N–H and O–H groups in total. The van der Waals surface area contributed by atoms with Gasteiger partial charge in [-0.1, -0.05) is 39.4 Å². The van der Waals surface area contributed by atoms with E-state index < -0.39 is 11.7 Å². The number of rotatable bonds is 2. The molecule has 0 bridgehead atoms. The summed E-state index contributed by atoms with van der Waals surface area (Å²) in [6.07, 6.45) is -4.40. The van der Waals surface area contributed by atoms with Crippen molar-refractivity contribution in [1.82, 2.24) is 4.98 Å². The Labute approximate surface area is 130 Å². The van der Waals surface area contributed by atoms with Crippen LogP contribution in [-0.4, -0.2) is 4.98 Å². The van der Waals surface area contributed by atoms with Crippen LogP contribution in [0.15, 0.2) is 46.9 Å². The summed E-state index contributed by atoms with van der Waals surface area (Å²) in [5.74, 6) is 0. The number of alkyl halides is 3.